The largest absolute Gasteiger partial charge is 0.405 e. The molecule has 1 aliphatic rings. The number of hydrogen-bond donors (Lipinski definition) is 2. The summed E-state index contributed by atoms with van der Waals surface area (Å²) in [6.07, 6.45) is 5.09. The molecule has 0 heterocycles. The normalized spacial score (nSPS) is 34.1. The van der Waals surface area contributed by atoms with Crippen molar-refractivity contribution in [3.8, 4) is 0 Å². The van der Waals surface area contributed by atoms with Crippen molar-refractivity contribution in [1.82, 2.24) is 0 Å². The van der Waals surface area contributed by atoms with E-state index in [1.54, 1.807) is 6.20 Å². The fourth-order valence-corrected chi connectivity index (χ4v) is 1.10. The molecule has 8 heavy (non-hydrogen) atoms. The van der Waals surface area contributed by atoms with Crippen LogP contribution < -0.4 is 11.5 Å². The van der Waals surface area contributed by atoms with E-state index in [9.17, 15) is 0 Å². The fourth-order valence-electron chi connectivity index (χ4n) is 1.10. The first-order chi connectivity index (χ1) is 3.84. The minimum Gasteiger partial charge on any atom is -0.405 e. The van der Waals surface area contributed by atoms with E-state index in [2.05, 4.69) is 0 Å². The molecular weight excluding hydrogens is 100 g/mol. The van der Waals surface area contributed by atoms with E-state index in [1.807, 2.05) is 0 Å². The smallest absolute Gasteiger partial charge is 0.0270 e. The second-order valence-corrected chi connectivity index (χ2v) is 2.24. The van der Waals surface area contributed by atoms with Gasteiger partial charge in [0.05, 0.1) is 0 Å². The van der Waals surface area contributed by atoms with Crippen LogP contribution in [0, 0.1) is 0 Å². The Morgan fingerprint density at radius 3 is 2.62 bits per heavy atom. The lowest BCUT2D eigenvalue weighted by molar-refractivity contribution is 0.772. The van der Waals surface area contributed by atoms with Crippen molar-refractivity contribution in [2.75, 3.05) is 0 Å². The van der Waals surface area contributed by atoms with Gasteiger partial charge in [-0.15, -0.1) is 0 Å². The van der Waals surface area contributed by atoms with Gasteiger partial charge >= 0.3 is 0 Å². The molecule has 0 bridgehead atoms. The molecule has 46 valence electrons. The molecule has 1 saturated carbocycles. The van der Waals surface area contributed by atoms with E-state index in [0.717, 1.165) is 12.8 Å². The van der Waals surface area contributed by atoms with Gasteiger partial charge in [0.2, 0.25) is 0 Å². The van der Waals surface area contributed by atoms with Gasteiger partial charge in [0, 0.05) is 6.04 Å². The zero-order chi connectivity index (χ0) is 5.98. The second-order valence-electron chi connectivity index (χ2n) is 2.24. The maximum atomic E-state index is 5.64. The van der Waals surface area contributed by atoms with Crippen LogP contribution in [-0.4, -0.2) is 6.04 Å². The lowest BCUT2D eigenvalue weighted by Crippen LogP contribution is -2.17. The quantitative estimate of drug-likeness (QED) is 0.474. The van der Waals surface area contributed by atoms with E-state index in [0.29, 0.717) is 0 Å². The van der Waals surface area contributed by atoms with Crippen LogP contribution in [0.2, 0.25) is 0 Å². The van der Waals surface area contributed by atoms with Crippen molar-refractivity contribution >= 4 is 0 Å². The molecule has 0 saturated heterocycles. The van der Waals surface area contributed by atoms with E-state index < -0.39 is 0 Å². The minimum absolute atomic E-state index is 0.264. The van der Waals surface area contributed by atoms with Gasteiger partial charge in [-0.25, -0.2) is 0 Å². The van der Waals surface area contributed by atoms with Gasteiger partial charge in [0.1, 0.15) is 0 Å². The van der Waals surface area contributed by atoms with Gasteiger partial charge in [-0.2, -0.15) is 0 Å². The third-order valence-electron chi connectivity index (χ3n) is 1.67. The Bertz CT molecular complexity index is 107. The van der Waals surface area contributed by atoms with E-state index >= 15 is 0 Å². The molecule has 0 aromatic carbocycles. The summed E-state index contributed by atoms with van der Waals surface area (Å²) in [7, 11) is 0. The average molecular weight is 112 g/mol. The van der Waals surface area contributed by atoms with Crippen LogP contribution in [0.25, 0.3) is 0 Å². The topological polar surface area (TPSA) is 52.0 Å². The zero-order valence-corrected chi connectivity index (χ0v) is 4.93. The Kier molecular flexibility index (Phi) is 1.53. The average Bonchev–Trinajstić information content (AvgIpc) is 2.14. The molecule has 1 rings (SSSR count). The van der Waals surface area contributed by atoms with Crippen molar-refractivity contribution in [1.29, 1.82) is 0 Å². The van der Waals surface area contributed by atoms with Gasteiger partial charge in [0.25, 0.3) is 0 Å². The maximum Gasteiger partial charge on any atom is 0.0270 e. The molecule has 1 aliphatic carbocycles. The highest BCUT2D eigenvalue weighted by atomic mass is 14.7. The van der Waals surface area contributed by atoms with E-state index in [1.165, 1.54) is 12.0 Å². The summed E-state index contributed by atoms with van der Waals surface area (Å²) in [5, 5.41) is 0. The lowest BCUT2D eigenvalue weighted by atomic mass is 10.2. The van der Waals surface area contributed by atoms with Gasteiger partial charge < -0.3 is 11.5 Å². The zero-order valence-electron chi connectivity index (χ0n) is 4.93. The highest BCUT2D eigenvalue weighted by Gasteiger charge is 2.14. The van der Waals surface area contributed by atoms with Crippen molar-refractivity contribution in [2.45, 2.75) is 25.3 Å². The first kappa shape index (κ1) is 5.63. The maximum absolute atomic E-state index is 5.64. The summed E-state index contributed by atoms with van der Waals surface area (Å²) in [6, 6.07) is 0.264. The number of nitrogens with two attached hydrogens (primary N) is 2. The summed E-state index contributed by atoms with van der Waals surface area (Å²) in [4.78, 5) is 0. The fraction of sp³-hybridized carbons (Fsp3) is 0.667. The first-order valence-electron chi connectivity index (χ1n) is 3.01. The minimum atomic E-state index is 0.264. The summed E-state index contributed by atoms with van der Waals surface area (Å²) in [6.45, 7) is 0. The van der Waals surface area contributed by atoms with Gasteiger partial charge in [0.15, 0.2) is 0 Å². The molecule has 0 amide bonds. The Hall–Kier alpha value is -0.500. The van der Waals surface area contributed by atoms with Crippen LogP contribution in [0.1, 0.15) is 19.3 Å². The Labute approximate surface area is 49.5 Å². The molecule has 2 heteroatoms. The predicted molar refractivity (Wildman–Crippen MR) is 34.1 cm³/mol. The van der Waals surface area contributed by atoms with Crippen LogP contribution in [0.3, 0.4) is 0 Å². The van der Waals surface area contributed by atoms with Gasteiger partial charge in [-0.1, -0.05) is 0 Å². The van der Waals surface area contributed by atoms with Crippen molar-refractivity contribution in [2.24, 2.45) is 11.5 Å². The Morgan fingerprint density at radius 2 is 2.38 bits per heavy atom. The highest BCUT2D eigenvalue weighted by molar-refractivity contribution is 5.12. The molecule has 0 aliphatic heterocycles. The third-order valence-corrected chi connectivity index (χ3v) is 1.67. The summed E-state index contributed by atoms with van der Waals surface area (Å²) >= 11 is 0. The molecule has 0 radical (unpaired) electrons. The molecule has 2 nitrogen and oxygen atoms in total. The monoisotopic (exact) mass is 112 g/mol. The predicted octanol–water partition coefficient (Wildman–Crippen LogP) is 0.340. The van der Waals surface area contributed by atoms with Crippen molar-refractivity contribution < 1.29 is 0 Å². The molecule has 0 spiro atoms. The molecular formula is C6H12N2. The molecule has 0 aromatic rings. The van der Waals surface area contributed by atoms with Crippen LogP contribution in [0.15, 0.2) is 11.8 Å². The first-order valence-corrected chi connectivity index (χ1v) is 3.01. The summed E-state index contributed by atoms with van der Waals surface area (Å²) in [5.74, 6) is 0. The number of hydrogen-bond acceptors (Lipinski definition) is 2. The molecule has 1 atom stereocenters. The van der Waals surface area contributed by atoms with Crippen molar-refractivity contribution in [3.63, 3.8) is 0 Å². The van der Waals surface area contributed by atoms with Crippen LogP contribution in [0.4, 0.5) is 0 Å². The van der Waals surface area contributed by atoms with Crippen LogP contribution >= 0.6 is 0 Å². The second kappa shape index (κ2) is 2.18. The number of rotatable bonds is 0. The van der Waals surface area contributed by atoms with E-state index in [-0.39, 0.29) is 6.04 Å². The molecule has 1 fully saturated rings. The van der Waals surface area contributed by atoms with Crippen LogP contribution in [0.5, 0.6) is 0 Å². The molecule has 1 unspecified atom stereocenters. The summed E-state index contributed by atoms with van der Waals surface area (Å²) < 4.78 is 0. The Balaban J connectivity index is 2.55. The van der Waals surface area contributed by atoms with Gasteiger partial charge in [-0.05, 0) is 31.0 Å². The SMILES string of the molecule is N/C=C1/CCCC1N. The van der Waals surface area contributed by atoms with Crippen LogP contribution in [-0.2, 0) is 0 Å². The highest BCUT2D eigenvalue weighted by Crippen LogP contribution is 2.21. The third kappa shape index (κ3) is 0.842. The van der Waals surface area contributed by atoms with E-state index in [4.69, 9.17) is 11.5 Å². The standard InChI is InChI=1S/C6H12N2/c7-4-5-2-1-3-6(5)8/h4,6H,1-3,7-8H2/b5-4-. The van der Waals surface area contributed by atoms with Gasteiger partial charge in [-0.3, -0.25) is 0 Å². The Morgan fingerprint density at radius 1 is 1.62 bits per heavy atom. The lowest BCUT2D eigenvalue weighted by Gasteiger charge is -2.00. The molecule has 0 aromatic heterocycles. The van der Waals surface area contributed by atoms with Crippen molar-refractivity contribution in [3.05, 3.63) is 11.8 Å². The summed E-state index contributed by atoms with van der Waals surface area (Å²) in [5.41, 5.74) is 12.2. The molecule has 4 N–H and O–H groups in total.